The van der Waals surface area contributed by atoms with Crippen molar-refractivity contribution in [3.63, 3.8) is 0 Å². The van der Waals surface area contributed by atoms with Crippen molar-refractivity contribution in [2.75, 3.05) is 19.5 Å². The number of thioether (sulfide) groups is 1. The van der Waals surface area contributed by atoms with Crippen LogP contribution in [0.15, 0.2) is 58.2 Å². The van der Waals surface area contributed by atoms with Crippen LogP contribution in [-0.2, 0) is 0 Å². The van der Waals surface area contributed by atoms with E-state index >= 15 is 0 Å². The summed E-state index contributed by atoms with van der Waals surface area (Å²) in [6.07, 6.45) is 0. The van der Waals surface area contributed by atoms with Gasteiger partial charge in [0, 0.05) is 11.3 Å². The number of methoxy groups -OCH3 is 1. The summed E-state index contributed by atoms with van der Waals surface area (Å²) in [6.45, 7) is 0.497. The third kappa shape index (κ3) is 4.52. The Bertz CT molecular complexity index is 855. The molecule has 0 bridgehead atoms. The van der Waals surface area contributed by atoms with E-state index in [1.165, 1.54) is 11.8 Å². The number of aromatic nitrogens is 2. The van der Waals surface area contributed by atoms with Crippen LogP contribution in [0.4, 0.5) is 0 Å². The zero-order valence-electron chi connectivity index (χ0n) is 13.5. The molecule has 0 aliphatic rings. The van der Waals surface area contributed by atoms with Crippen molar-refractivity contribution in [2.45, 2.75) is 5.22 Å². The lowest BCUT2D eigenvalue weighted by atomic mass is 10.2. The molecule has 3 aromatic rings. The molecule has 0 amide bonds. The van der Waals surface area contributed by atoms with Gasteiger partial charge in [0.2, 0.25) is 5.89 Å². The average molecular weight is 353 g/mol. The van der Waals surface area contributed by atoms with Crippen LogP contribution in [0.2, 0.25) is 0 Å². The van der Waals surface area contributed by atoms with Gasteiger partial charge in [0.1, 0.15) is 11.5 Å². The Morgan fingerprint density at radius 3 is 2.44 bits per heavy atom. The van der Waals surface area contributed by atoms with Crippen molar-refractivity contribution in [2.24, 2.45) is 0 Å². The highest BCUT2D eigenvalue weighted by molar-refractivity contribution is 7.99. The van der Waals surface area contributed by atoms with E-state index in [1.807, 2.05) is 24.3 Å². The first-order chi connectivity index (χ1) is 12.3. The molecule has 25 heavy (non-hydrogen) atoms. The third-order valence-electron chi connectivity index (χ3n) is 3.30. The van der Waals surface area contributed by atoms with Crippen LogP contribution in [-0.4, -0.2) is 29.7 Å². The Labute approximate surface area is 149 Å². The van der Waals surface area contributed by atoms with Crippen molar-refractivity contribution >= 4 is 11.8 Å². The molecule has 2 aromatic carbocycles. The van der Waals surface area contributed by atoms with Gasteiger partial charge < -0.3 is 13.9 Å². The van der Waals surface area contributed by atoms with E-state index in [0.717, 1.165) is 17.1 Å². The first-order valence-corrected chi connectivity index (χ1v) is 8.51. The van der Waals surface area contributed by atoms with E-state index in [9.17, 15) is 0 Å². The molecule has 1 heterocycles. The summed E-state index contributed by atoms with van der Waals surface area (Å²) in [6, 6.07) is 16.5. The molecule has 0 aliphatic carbocycles. The number of hydrogen-bond acceptors (Lipinski definition) is 7. The Balaban J connectivity index is 1.48. The van der Waals surface area contributed by atoms with Crippen molar-refractivity contribution in [3.8, 4) is 29.0 Å². The van der Waals surface area contributed by atoms with Gasteiger partial charge in [0.05, 0.1) is 25.3 Å². The molecule has 1 aromatic heterocycles. The highest BCUT2D eigenvalue weighted by atomic mass is 32.2. The molecule has 0 saturated heterocycles. The molecule has 0 atom stereocenters. The quantitative estimate of drug-likeness (QED) is 0.472. The van der Waals surface area contributed by atoms with Gasteiger partial charge in [0.25, 0.3) is 5.22 Å². The SMILES string of the molecule is COc1ccc(-c2nnc(SCCOc3ccc(C#N)cc3)o2)cc1. The van der Waals surface area contributed by atoms with Crippen LogP contribution < -0.4 is 9.47 Å². The van der Waals surface area contributed by atoms with Gasteiger partial charge in [0.15, 0.2) is 0 Å². The summed E-state index contributed by atoms with van der Waals surface area (Å²) in [5.41, 5.74) is 1.45. The van der Waals surface area contributed by atoms with Crippen molar-refractivity contribution in [1.29, 1.82) is 5.26 Å². The molecule has 0 fully saturated rings. The lowest BCUT2D eigenvalue weighted by Crippen LogP contribution is -1.99. The number of nitrogens with zero attached hydrogens (tertiary/aromatic N) is 3. The van der Waals surface area contributed by atoms with Gasteiger partial charge in [-0.15, -0.1) is 10.2 Å². The minimum Gasteiger partial charge on any atom is -0.497 e. The molecule has 0 radical (unpaired) electrons. The fourth-order valence-corrected chi connectivity index (χ4v) is 2.61. The van der Waals surface area contributed by atoms with Crippen molar-refractivity contribution in [3.05, 3.63) is 54.1 Å². The van der Waals surface area contributed by atoms with Crippen LogP contribution in [0.25, 0.3) is 11.5 Å². The predicted octanol–water partition coefficient (Wildman–Crippen LogP) is 3.79. The molecule has 0 N–H and O–H groups in total. The molecular weight excluding hydrogens is 338 g/mol. The molecule has 0 spiro atoms. The number of ether oxygens (including phenoxy) is 2. The van der Waals surface area contributed by atoms with Crippen molar-refractivity contribution in [1.82, 2.24) is 10.2 Å². The maximum atomic E-state index is 8.76. The van der Waals surface area contributed by atoms with Crippen LogP contribution >= 0.6 is 11.8 Å². The second-order valence-corrected chi connectivity index (χ2v) is 5.98. The van der Waals surface area contributed by atoms with Crippen LogP contribution in [0.5, 0.6) is 11.5 Å². The van der Waals surface area contributed by atoms with Crippen LogP contribution in [0.3, 0.4) is 0 Å². The summed E-state index contributed by atoms with van der Waals surface area (Å²) in [4.78, 5) is 0. The molecule has 0 aliphatic heterocycles. The standard InChI is InChI=1S/C18H15N3O3S/c1-22-15-8-4-14(5-9-15)17-20-21-18(24-17)25-11-10-23-16-6-2-13(12-19)3-7-16/h2-9H,10-11H2,1H3. The summed E-state index contributed by atoms with van der Waals surface area (Å²) in [7, 11) is 1.62. The Hall–Kier alpha value is -2.98. The van der Waals surface area contributed by atoms with Gasteiger partial charge in [-0.25, -0.2) is 0 Å². The van der Waals surface area contributed by atoms with E-state index in [1.54, 1.807) is 31.4 Å². The molecule has 126 valence electrons. The largest absolute Gasteiger partial charge is 0.497 e. The maximum Gasteiger partial charge on any atom is 0.276 e. The molecule has 0 saturated carbocycles. The summed E-state index contributed by atoms with van der Waals surface area (Å²) < 4.78 is 16.4. The monoisotopic (exact) mass is 353 g/mol. The molecule has 7 heteroatoms. The van der Waals surface area contributed by atoms with Gasteiger partial charge in [-0.05, 0) is 48.5 Å². The van der Waals surface area contributed by atoms with E-state index in [-0.39, 0.29) is 0 Å². The van der Waals surface area contributed by atoms with Gasteiger partial charge in [-0.3, -0.25) is 0 Å². The molecular formula is C18H15N3O3S. The van der Waals surface area contributed by atoms with E-state index in [4.69, 9.17) is 19.2 Å². The molecule has 6 nitrogen and oxygen atoms in total. The molecule has 0 unspecified atom stereocenters. The van der Waals surface area contributed by atoms with E-state index < -0.39 is 0 Å². The lowest BCUT2D eigenvalue weighted by Gasteiger charge is -2.04. The normalized spacial score (nSPS) is 10.2. The van der Waals surface area contributed by atoms with Gasteiger partial charge >= 0.3 is 0 Å². The second kappa shape index (κ2) is 8.22. The number of benzene rings is 2. The summed E-state index contributed by atoms with van der Waals surface area (Å²) in [5, 5.41) is 17.3. The Morgan fingerprint density at radius 2 is 1.76 bits per heavy atom. The predicted molar refractivity (Wildman–Crippen MR) is 93.7 cm³/mol. The Kier molecular flexibility index (Phi) is 5.54. The van der Waals surface area contributed by atoms with Gasteiger partial charge in [-0.1, -0.05) is 11.8 Å². The number of hydrogen-bond donors (Lipinski definition) is 0. The number of nitriles is 1. The average Bonchev–Trinajstić information content (AvgIpc) is 3.15. The highest BCUT2D eigenvalue weighted by Crippen LogP contribution is 2.24. The topological polar surface area (TPSA) is 81.2 Å². The summed E-state index contributed by atoms with van der Waals surface area (Å²) >= 11 is 1.43. The minimum absolute atomic E-state index is 0.471. The third-order valence-corrected chi connectivity index (χ3v) is 4.09. The smallest absolute Gasteiger partial charge is 0.276 e. The maximum absolute atomic E-state index is 8.76. The van der Waals surface area contributed by atoms with E-state index in [0.29, 0.717) is 29.0 Å². The highest BCUT2D eigenvalue weighted by Gasteiger charge is 2.09. The van der Waals surface area contributed by atoms with Crippen molar-refractivity contribution < 1.29 is 13.9 Å². The lowest BCUT2D eigenvalue weighted by molar-refractivity contribution is 0.343. The summed E-state index contributed by atoms with van der Waals surface area (Å²) in [5.74, 6) is 2.64. The van der Waals surface area contributed by atoms with E-state index in [2.05, 4.69) is 16.3 Å². The first kappa shape index (κ1) is 16.9. The first-order valence-electron chi connectivity index (χ1n) is 7.52. The van der Waals surface area contributed by atoms with Crippen LogP contribution in [0, 0.1) is 11.3 Å². The number of rotatable bonds is 7. The zero-order valence-corrected chi connectivity index (χ0v) is 14.3. The molecule has 3 rings (SSSR count). The Morgan fingerprint density at radius 1 is 1.04 bits per heavy atom. The second-order valence-electron chi connectivity index (χ2n) is 4.93. The minimum atomic E-state index is 0.471. The fourth-order valence-electron chi connectivity index (χ4n) is 2.03. The van der Waals surface area contributed by atoms with Crippen LogP contribution in [0.1, 0.15) is 5.56 Å². The fraction of sp³-hybridized carbons (Fsp3) is 0.167. The zero-order chi connectivity index (χ0) is 17.5. The van der Waals surface area contributed by atoms with Gasteiger partial charge in [-0.2, -0.15) is 5.26 Å².